The number of carbonyl (C=O) groups is 1. The third kappa shape index (κ3) is 3.68. The Morgan fingerprint density at radius 3 is 2.74 bits per heavy atom. The van der Waals surface area contributed by atoms with Crippen LogP contribution in [0.25, 0.3) is 0 Å². The van der Waals surface area contributed by atoms with Crippen LogP contribution >= 0.6 is 11.8 Å². The quantitative estimate of drug-likeness (QED) is 0.420. The summed E-state index contributed by atoms with van der Waals surface area (Å²) in [6.45, 7) is 2.22. The van der Waals surface area contributed by atoms with E-state index >= 15 is 0 Å². The predicted molar refractivity (Wildman–Crippen MR) is 130 cm³/mol. The number of rotatable bonds is 4. The van der Waals surface area contributed by atoms with Crippen molar-refractivity contribution in [3.05, 3.63) is 86.3 Å². The van der Waals surface area contributed by atoms with E-state index in [1.165, 1.54) is 17.3 Å². The molecule has 3 aromatic rings. The van der Waals surface area contributed by atoms with Crippen LogP contribution in [0.2, 0.25) is 0 Å². The molecule has 0 radical (unpaired) electrons. The molecule has 3 heterocycles. The largest absolute Gasteiger partial charge is 0.454 e. The first kappa shape index (κ1) is 21.0. The number of carbonyl (C=O) groups excluding carboxylic acids is 1. The summed E-state index contributed by atoms with van der Waals surface area (Å²) < 4.78 is 11.0. The lowest BCUT2D eigenvalue weighted by molar-refractivity contribution is -0.116. The maximum absolute atomic E-state index is 13.4. The summed E-state index contributed by atoms with van der Waals surface area (Å²) in [4.78, 5) is 34.1. The monoisotopic (exact) mass is 473 g/mol. The number of nitrogens with zero attached hydrogens (tertiary/aromatic N) is 1. The van der Waals surface area contributed by atoms with Crippen molar-refractivity contribution in [3.63, 3.8) is 0 Å². The number of ketones is 1. The van der Waals surface area contributed by atoms with Crippen molar-refractivity contribution in [1.82, 2.24) is 9.97 Å². The highest BCUT2D eigenvalue weighted by Gasteiger charge is 2.38. The van der Waals surface area contributed by atoms with Crippen LogP contribution in [0.4, 0.5) is 5.82 Å². The fourth-order valence-corrected chi connectivity index (χ4v) is 5.59. The van der Waals surface area contributed by atoms with Gasteiger partial charge in [0.15, 0.2) is 22.4 Å². The number of hydrogen-bond acceptors (Lipinski definition) is 7. The highest BCUT2D eigenvalue weighted by Crippen LogP contribution is 2.45. The molecule has 2 aromatic carbocycles. The Balaban J connectivity index is 1.41. The van der Waals surface area contributed by atoms with Crippen molar-refractivity contribution >= 4 is 23.4 Å². The smallest absolute Gasteiger partial charge is 0.257 e. The van der Waals surface area contributed by atoms with Crippen LogP contribution in [-0.2, 0) is 10.5 Å². The number of ether oxygens (including phenoxy) is 2. The minimum atomic E-state index is -0.499. The number of thioether (sulfide) groups is 1. The Kier molecular flexibility index (Phi) is 5.17. The van der Waals surface area contributed by atoms with Gasteiger partial charge in [0.25, 0.3) is 5.56 Å². The fourth-order valence-electron chi connectivity index (χ4n) is 4.77. The molecule has 3 aliphatic rings. The Bertz CT molecular complexity index is 1390. The second kappa shape index (κ2) is 8.36. The van der Waals surface area contributed by atoms with Gasteiger partial charge in [-0.1, -0.05) is 47.7 Å². The molecule has 1 unspecified atom stereocenters. The van der Waals surface area contributed by atoms with E-state index in [1.54, 1.807) is 0 Å². The average Bonchev–Trinajstić information content (AvgIpc) is 3.30. The molecule has 2 aliphatic heterocycles. The lowest BCUT2D eigenvalue weighted by atomic mass is 9.76. The molecule has 0 saturated heterocycles. The minimum absolute atomic E-state index is 0.0688. The fraction of sp³-hybridized carbons (Fsp3) is 0.269. The van der Waals surface area contributed by atoms with Crippen molar-refractivity contribution in [2.24, 2.45) is 0 Å². The van der Waals surface area contributed by atoms with Crippen LogP contribution < -0.4 is 20.3 Å². The topological polar surface area (TPSA) is 93.3 Å². The van der Waals surface area contributed by atoms with Crippen LogP contribution in [0, 0.1) is 6.92 Å². The summed E-state index contributed by atoms with van der Waals surface area (Å²) in [7, 11) is 0. The van der Waals surface area contributed by atoms with Crippen LogP contribution in [0.3, 0.4) is 0 Å². The maximum atomic E-state index is 13.4. The van der Waals surface area contributed by atoms with E-state index in [9.17, 15) is 9.59 Å². The lowest BCUT2D eigenvalue weighted by Gasteiger charge is -2.32. The predicted octanol–water partition coefficient (Wildman–Crippen LogP) is 4.66. The summed E-state index contributed by atoms with van der Waals surface area (Å²) in [6, 6.07) is 13.9. The highest BCUT2D eigenvalue weighted by atomic mass is 32.2. The van der Waals surface area contributed by atoms with E-state index in [4.69, 9.17) is 14.5 Å². The second-order valence-electron chi connectivity index (χ2n) is 8.75. The van der Waals surface area contributed by atoms with Crippen molar-refractivity contribution in [3.8, 4) is 11.5 Å². The van der Waals surface area contributed by atoms with Gasteiger partial charge in [-0.15, -0.1) is 0 Å². The molecule has 7 nitrogen and oxygen atoms in total. The summed E-state index contributed by atoms with van der Waals surface area (Å²) in [5, 5.41) is 3.88. The SMILES string of the molecule is Cc1ccc(CSc2nc3c(c(=O)[nH]2)C(c2ccc4c(c2)OCO4)C2=C(CCCC2=O)N3)cc1. The average molecular weight is 474 g/mol. The molecule has 2 N–H and O–H groups in total. The number of aromatic amines is 1. The number of nitrogens with one attached hydrogen (secondary N) is 2. The Morgan fingerprint density at radius 2 is 1.88 bits per heavy atom. The van der Waals surface area contributed by atoms with Crippen molar-refractivity contribution < 1.29 is 14.3 Å². The molecule has 1 aromatic heterocycles. The Labute approximate surface area is 200 Å². The van der Waals surface area contributed by atoms with Gasteiger partial charge < -0.3 is 19.8 Å². The number of fused-ring (bicyclic) bond motifs is 2. The standard InChI is InChI=1S/C26H23N3O4S/c1-14-5-7-15(8-6-14)12-34-26-28-24-23(25(31)29-26)21(22-17(27-24)3-2-4-18(22)30)16-9-10-19-20(11-16)33-13-32-19/h5-11,21H,2-4,12-13H2,1H3,(H2,27,28,29,31). The minimum Gasteiger partial charge on any atom is -0.454 e. The molecular weight excluding hydrogens is 450 g/mol. The van der Waals surface area contributed by atoms with E-state index in [0.29, 0.717) is 45.8 Å². The first-order valence-corrected chi connectivity index (χ1v) is 12.3. The number of H-pyrrole nitrogens is 1. The zero-order valence-electron chi connectivity index (χ0n) is 18.6. The van der Waals surface area contributed by atoms with Gasteiger partial charge >= 0.3 is 0 Å². The van der Waals surface area contributed by atoms with Crippen LogP contribution in [0.5, 0.6) is 11.5 Å². The summed E-state index contributed by atoms with van der Waals surface area (Å²) >= 11 is 1.48. The molecule has 34 heavy (non-hydrogen) atoms. The van der Waals surface area contributed by atoms with Crippen molar-refractivity contribution in [1.29, 1.82) is 0 Å². The summed E-state index contributed by atoms with van der Waals surface area (Å²) in [6.07, 6.45) is 2.01. The molecule has 0 bridgehead atoms. The van der Waals surface area contributed by atoms with Crippen LogP contribution in [-0.4, -0.2) is 22.5 Å². The van der Waals surface area contributed by atoms with Gasteiger partial charge in [0.05, 0.1) is 5.56 Å². The van der Waals surface area contributed by atoms with Crippen molar-refractivity contribution in [2.75, 3.05) is 12.1 Å². The first-order valence-electron chi connectivity index (χ1n) is 11.3. The molecule has 0 fully saturated rings. The molecule has 0 spiro atoms. The van der Waals surface area contributed by atoms with E-state index in [2.05, 4.69) is 41.5 Å². The summed E-state index contributed by atoms with van der Waals surface area (Å²) in [5.74, 6) is 2.07. The number of hydrogen-bond donors (Lipinski definition) is 2. The lowest BCUT2D eigenvalue weighted by Crippen LogP contribution is -2.32. The number of benzene rings is 2. The van der Waals surface area contributed by atoms with Gasteiger partial charge in [-0.3, -0.25) is 9.59 Å². The molecule has 172 valence electrons. The number of Topliss-reactive ketones (excluding diaryl/α,β-unsaturated/α-hetero) is 1. The van der Waals surface area contributed by atoms with Gasteiger partial charge in [0, 0.05) is 29.4 Å². The highest BCUT2D eigenvalue weighted by molar-refractivity contribution is 7.98. The first-order chi connectivity index (χ1) is 16.6. The number of aromatic nitrogens is 2. The van der Waals surface area contributed by atoms with Gasteiger partial charge in [-0.25, -0.2) is 4.98 Å². The van der Waals surface area contributed by atoms with Gasteiger partial charge in [-0.05, 0) is 43.0 Å². The van der Waals surface area contributed by atoms with E-state index < -0.39 is 5.92 Å². The molecule has 0 saturated carbocycles. The number of allylic oxidation sites excluding steroid dienone is 2. The van der Waals surface area contributed by atoms with Gasteiger partial charge in [-0.2, -0.15) is 0 Å². The Hall–Kier alpha value is -3.52. The third-order valence-electron chi connectivity index (χ3n) is 6.46. The van der Waals surface area contributed by atoms with Crippen molar-refractivity contribution in [2.45, 2.75) is 43.0 Å². The molecule has 1 atom stereocenters. The summed E-state index contributed by atoms with van der Waals surface area (Å²) in [5.41, 5.74) is 4.93. The maximum Gasteiger partial charge on any atom is 0.257 e. The zero-order chi connectivity index (χ0) is 23.2. The van der Waals surface area contributed by atoms with Crippen LogP contribution in [0.15, 0.2) is 63.7 Å². The van der Waals surface area contributed by atoms with E-state index in [1.807, 2.05) is 18.2 Å². The molecule has 6 rings (SSSR count). The third-order valence-corrected chi connectivity index (χ3v) is 7.41. The molecule has 8 heteroatoms. The van der Waals surface area contributed by atoms with Gasteiger partial charge in [0.1, 0.15) is 5.82 Å². The molecule has 1 aliphatic carbocycles. The number of aryl methyl sites for hydroxylation is 1. The number of anilines is 1. The van der Waals surface area contributed by atoms with E-state index in [-0.39, 0.29) is 18.1 Å². The Morgan fingerprint density at radius 1 is 1.06 bits per heavy atom. The van der Waals surface area contributed by atoms with E-state index in [0.717, 1.165) is 29.7 Å². The normalized spacial score (nSPS) is 18.4. The molecular formula is C26H23N3O4S. The molecule has 0 amide bonds. The van der Waals surface area contributed by atoms with Crippen LogP contribution in [0.1, 0.15) is 47.4 Å². The zero-order valence-corrected chi connectivity index (χ0v) is 19.5. The second-order valence-corrected chi connectivity index (χ2v) is 9.71. The van der Waals surface area contributed by atoms with Gasteiger partial charge in [0.2, 0.25) is 6.79 Å².